The van der Waals surface area contributed by atoms with Crippen molar-refractivity contribution in [3.63, 3.8) is 0 Å². The molecule has 2 aromatic carbocycles. The summed E-state index contributed by atoms with van der Waals surface area (Å²) in [5.41, 5.74) is 2.54. The van der Waals surface area contributed by atoms with Crippen LogP contribution in [0.2, 0.25) is 0 Å². The molecule has 1 heterocycles. The monoisotopic (exact) mass is 398 g/mol. The van der Waals surface area contributed by atoms with Crippen LogP contribution in [0.5, 0.6) is 0 Å². The van der Waals surface area contributed by atoms with Crippen LogP contribution in [0.4, 0.5) is 20.6 Å². The van der Waals surface area contributed by atoms with Crippen LogP contribution in [0.25, 0.3) is 0 Å². The molecular formula is C22H27FN4O2. The van der Waals surface area contributed by atoms with Gasteiger partial charge in [0.2, 0.25) is 5.91 Å². The predicted octanol–water partition coefficient (Wildman–Crippen LogP) is 3.59. The summed E-state index contributed by atoms with van der Waals surface area (Å²) in [6.07, 6.45) is 1.74. The van der Waals surface area contributed by atoms with E-state index in [0.29, 0.717) is 5.69 Å². The fraction of sp³-hybridized carbons (Fsp3) is 0.364. The minimum Gasteiger partial charge on any atom is -0.335 e. The van der Waals surface area contributed by atoms with Gasteiger partial charge in [-0.05, 0) is 54.8 Å². The fourth-order valence-electron chi connectivity index (χ4n) is 3.39. The van der Waals surface area contributed by atoms with Crippen molar-refractivity contribution in [3.05, 3.63) is 59.9 Å². The minimum absolute atomic E-state index is 0.0470. The molecule has 1 aliphatic rings. The smallest absolute Gasteiger partial charge is 0.319 e. The van der Waals surface area contributed by atoms with Gasteiger partial charge in [-0.25, -0.2) is 9.18 Å². The lowest BCUT2D eigenvalue weighted by Crippen LogP contribution is -2.45. The van der Waals surface area contributed by atoms with E-state index in [1.54, 1.807) is 36.2 Å². The highest BCUT2D eigenvalue weighted by atomic mass is 19.1. The third-order valence-corrected chi connectivity index (χ3v) is 5.23. The summed E-state index contributed by atoms with van der Waals surface area (Å²) in [7, 11) is 1.71. The Labute approximate surface area is 170 Å². The summed E-state index contributed by atoms with van der Waals surface area (Å²) in [6.45, 7) is 4.06. The van der Waals surface area contributed by atoms with E-state index in [2.05, 4.69) is 15.5 Å². The molecule has 0 spiro atoms. The summed E-state index contributed by atoms with van der Waals surface area (Å²) >= 11 is 0. The maximum Gasteiger partial charge on any atom is 0.319 e. The van der Waals surface area contributed by atoms with E-state index >= 15 is 0 Å². The Kier molecular flexibility index (Phi) is 6.82. The third kappa shape index (κ3) is 6.02. The number of carbonyl (C=O) groups excluding carboxylic acids is 2. The maximum atomic E-state index is 13.0. The molecule has 29 heavy (non-hydrogen) atoms. The molecule has 1 fully saturated rings. The van der Waals surface area contributed by atoms with Gasteiger partial charge in [-0.15, -0.1) is 0 Å². The van der Waals surface area contributed by atoms with Gasteiger partial charge in [-0.2, -0.15) is 0 Å². The molecule has 0 atom stereocenters. The van der Waals surface area contributed by atoms with Crippen molar-refractivity contribution in [2.24, 2.45) is 0 Å². The van der Waals surface area contributed by atoms with Crippen LogP contribution < -0.4 is 15.5 Å². The number of nitrogens with one attached hydrogen (secondary N) is 2. The second-order valence-corrected chi connectivity index (χ2v) is 7.40. The lowest BCUT2D eigenvalue weighted by atomic mass is 10.0. The van der Waals surface area contributed by atoms with Gasteiger partial charge < -0.3 is 15.5 Å². The number of rotatable bonds is 5. The molecule has 0 aliphatic carbocycles. The van der Waals surface area contributed by atoms with Crippen molar-refractivity contribution < 1.29 is 14.0 Å². The molecule has 2 N–H and O–H groups in total. The summed E-state index contributed by atoms with van der Waals surface area (Å²) < 4.78 is 13.0. The van der Waals surface area contributed by atoms with Crippen LogP contribution in [0.3, 0.4) is 0 Å². The predicted molar refractivity (Wildman–Crippen MR) is 112 cm³/mol. The number of nitrogens with zero attached hydrogens (tertiary/aromatic N) is 2. The van der Waals surface area contributed by atoms with Gasteiger partial charge in [-0.3, -0.25) is 9.69 Å². The molecule has 0 saturated carbocycles. The van der Waals surface area contributed by atoms with Crippen LogP contribution in [-0.2, 0) is 11.3 Å². The number of halogens is 1. The van der Waals surface area contributed by atoms with Gasteiger partial charge in [0.25, 0.3) is 0 Å². The van der Waals surface area contributed by atoms with Gasteiger partial charge in [0.1, 0.15) is 5.82 Å². The lowest BCUT2D eigenvalue weighted by Gasteiger charge is -2.32. The number of piperidine rings is 1. The fourth-order valence-corrected chi connectivity index (χ4v) is 3.39. The van der Waals surface area contributed by atoms with Crippen molar-refractivity contribution >= 4 is 23.3 Å². The van der Waals surface area contributed by atoms with Crippen LogP contribution >= 0.6 is 0 Å². The van der Waals surface area contributed by atoms with Crippen molar-refractivity contribution in [2.75, 3.05) is 30.4 Å². The first-order valence-corrected chi connectivity index (χ1v) is 9.79. The Bertz CT molecular complexity index is 831. The quantitative estimate of drug-likeness (QED) is 0.809. The zero-order chi connectivity index (χ0) is 20.8. The zero-order valence-corrected chi connectivity index (χ0v) is 16.8. The molecule has 0 bridgehead atoms. The summed E-state index contributed by atoms with van der Waals surface area (Å²) in [5.74, 6) is -0.266. The first kappa shape index (κ1) is 20.8. The Morgan fingerprint density at radius 2 is 1.69 bits per heavy atom. The molecule has 3 rings (SSSR count). The van der Waals surface area contributed by atoms with Gasteiger partial charge in [0.15, 0.2) is 0 Å². The number of likely N-dealkylation sites (tertiary alicyclic amines) is 1. The molecule has 0 unspecified atom stereocenters. The minimum atomic E-state index is -0.227. The van der Waals surface area contributed by atoms with E-state index in [0.717, 1.165) is 43.7 Å². The van der Waals surface area contributed by atoms with Crippen LogP contribution in [0.15, 0.2) is 48.5 Å². The zero-order valence-electron chi connectivity index (χ0n) is 16.8. The first-order chi connectivity index (χ1) is 13.9. The number of benzene rings is 2. The summed E-state index contributed by atoms with van der Waals surface area (Å²) in [5, 5.41) is 5.86. The highest BCUT2D eigenvalue weighted by Crippen LogP contribution is 2.18. The average molecular weight is 398 g/mol. The topological polar surface area (TPSA) is 64.7 Å². The molecular weight excluding hydrogens is 371 g/mol. The molecule has 6 nitrogen and oxygen atoms in total. The number of hydrogen-bond donors (Lipinski definition) is 2. The van der Waals surface area contributed by atoms with E-state index in [1.165, 1.54) is 19.1 Å². The largest absolute Gasteiger partial charge is 0.335 e. The van der Waals surface area contributed by atoms with E-state index in [-0.39, 0.29) is 23.8 Å². The maximum absolute atomic E-state index is 13.0. The number of urea groups is 1. The molecule has 3 amide bonds. The number of amides is 3. The number of carbonyl (C=O) groups is 2. The van der Waals surface area contributed by atoms with Crippen LogP contribution in [0, 0.1) is 5.82 Å². The Hall–Kier alpha value is -2.93. The van der Waals surface area contributed by atoms with E-state index in [1.807, 2.05) is 12.1 Å². The Morgan fingerprint density at radius 1 is 1.07 bits per heavy atom. The molecule has 0 radical (unpaired) electrons. The van der Waals surface area contributed by atoms with Crippen molar-refractivity contribution in [2.45, 2.75) is 32.4 Å². The van der Waals surface area contributed by atoms with Crippen molar-refractivity contribution in [3.8, 4) is 0 Å². The second-order valence-electron chi connectivity index (χ2n) is 7.40. The Balaban J connectivity index is 1.42. The summed E-state index contributed by atoms with van der Waals surface area (Å²) in [4.78, 5) is 27.5. The van der Waals surface area contributed by atoms with Crippen molar-refractivity contribution in [1.29, 1.82) is 0 Å². The highest BCUT2D eigenvalue weighted by Gasteiger charge is 2.20. The molecule has 1 aliphatic heterocycles. The molecule has 1 saturated heterocycles. The highest BCUT2D eigenvalue weighted by molar-refractivity contribution is 5.92. The number of anilines is 2. The van der Waals surface area contributed by atoms with Crippen LogP contribution in [-0.4, -0.2) is 43.0 Å². The van der Waals surface area contributed by atoms with E-state index in [9.17, 15) is 14.0 Å². The Morgan fingerprint density at radius 3 is 2.28 bits per heavy atom. The molecule has 7 heteroatoms. The van der Waals surface area contributed by atoms with Crippen molar-refractivity contribution in [1.82, 2.24) is 10.2 Å². The normalized spacial score (nSPS) is 15.0. The number of hydrogen-bond acceptors (Lipinski definition) is 3. The SMILES string of the molecule is CC(=O)N(C)c1ccc(NC(=O)NC2CCN(Cc3ccc(F)cc3)CC2)cc1. The molecule has 154 valence electrons. The summed E-state index contributed by atoms with van der Waals surface area (Å²) in [6, 6.07) is 13.6. The lowest BCUT2D eigenvalue weighted by molar-refractivity contribution is -0.116. The van der Waals surface area contributed by atoms with E-state index < -0.39 is 0 Å². The molecule has 2 aromatic rings. The molecule has 0 aromatic heterocycles. The van der Waals surface area contributed by atoms with E-state index in [4.69, 9.17) is 0 Å². The van der Waals surface area contributed by atoms with Gasteiger partial charge in [-0.1, -0.05) is 12.1 Å². The third-order valence-electron chi connectivity index (χ3n) is 5.23. The van der Waals surface area contributed by atoms with Gasteiger partial charge in [0, 0.05) is 51.0 Å². The standard InChI is InChI=1S/C22H27FN4O2/c1-16(28)26(2)21-9-7-19(8-10-21)24-22(29)25-20-11-13-27(14-12-20)15-17-3-5-18(23)6-4-17/h3-10,20H,11-15H2,1-2H3,(H2,24,25,29). The second kappa shape index (κ2) is 9.52. The average Bonchev–Trinajstić information content (AvgIpc) is 2.71. The van der Waals surface area contributed by atoms with Gasteiger partial charge in [0.05, 0.1) is 0 Å². The van der Waals surface area contributed by atoms with Crippen LogP contribution in [0.1, 0.15) is 25.3 Å². The first-order valence-electron chi connectivity index (χ1n) is 9.79. The van der Waals surface area contributed by atoms with Gasteiger partial charge >= 0.3 is 6.03 Å².